The topological polar surface area (TPSA) is 109 Å². The second-order valence-electron chi connectivity index (χ2n) is 9.85. The monoisotopic (exact) mass is 522 g/mol. The lowest BCUT2D eigenvalue weighted by Crippen LogP contribution is -2.47. The molecule has 1 N–H and O–H groups in total. The maximum absolute atomic E-state index is 13.9. The van der Waals surface area contributed by atoms with Crippen LogP contribution in [0.25, 0.3) is 5.65 Å². The Morgan fingerprint density at radius 1 is 1.21 bits per heavy atom. The van der Waals surface area contributed by atoms with Crippen LogP contribution < -0.4 is 10.2 Å². The number of carbonyl (C=O) groups excluding carboxylic acids is 3. The molecule has 1 aromatic carbocycles. The lowest BCUT2D eigenvalue weighted by molar-refractivity contribution is -0.150. The first-order valence-corrected chi connectivity index (χ1v) is 12.9. The third-order valence-corrected chi connectivity index (χ3v) is 7.20. The molecule has 3 aromatic rings. The number of imidazole rings is 1. The van der Waals surface area contributed by atoms with Crippen molar-refractivity contribution in [2.75, 3.05) is 31.1 Å². The van der Waals surface area contributed by atoms with Crippen molar-refractivity contribution < 1.29 is 23.5 Å². The van der Waals surface area contributed by atoms with Gasteiger partial charge in [-0.1, -0.05) is 12.1 Å². The Morgan fingerprint density at radius 2 is 2.03 bits per heavy atom. The molecule has 5 rings (SSSR count). The molecule has 0 spiro atoms. The largest absolute Gasteiger partial charge is 0.453 e. The van der Waals surface area contributed by atoms with Crippen molar-refractivity contribution in [1.29, 1.82) is 0 Å². The summed E-state index contributed by atoms with van der Waals surface area (Å²) in [6.07, 6.45) is 6.40. The number of aromatic nitrogens is 3. The Balaban J connectivity index is 1.29. The second kappa shape index (κ2) is 11.3. The number of nitrogens with zero attached hydrogens (tertiary/aromatic N) is 5. The van der Waals surface area contributed by atoms with Crippen molar-refractivity contribution in [1.82, 2.24) is 24.8 Å². The van der Waals surface area contributed by atoms with E-state index >= 15 is 0 Å². The number of halogens is 1. The molecule has 1 amide bonds. The minimum Gasteiger partial charge on any atom is -0.453 e. The van der Waals surface area contributed by atoms with E-state index in [1.165, 1.54) is 13.0 Å². The number of piperidine rings is 1. The number of ether oxygens (including phenoxy) is 1. The SMILES string of the molecule is CC(=O)O[C@H](C=O)CN1CCC(NC(=O)c2cc(N3CCC[C@@H]3c3cccc(F)c3)nn3ccnc23)CC1. The first-order chi connectivity index (χ1) is 18.4. The summed E-state index contributed by atoms with van der Waals surface area (Å²) in [5.74, 6) is -0.336. The number of hydrogen-bond donors (Lipinski definition) is 1. The van der Waals surface area contributed by atoms with Crippen LogP contribution in [-0.2, 0) is 14.3 Å². The zero-order valence-corrected chi connectivity index (χ0v) is 21.3. The number of benzene rings is 1. The van der Waals surface area contributed by atoms with Gasteiger partial charge in [0.25, 0.3) is 5.91 Å². The highest BCUT2D eigenvalue weighted by Crippen LogP contribution is 2.36. The van der Waals surface area contributed by atoms with Crippen LogP contribution in [0.5, 0.6) is 0 Å². The van der Waals surface area contributed by atoms with Gasteiger partial charge >= 0.3 is 5.97 Å². The zero-order valence-electron chi connectivity index (χ0n) is 21.3. The minimum absolute atomic E-state index is 0.0263. The first-order valence-electron chi connectivity index (χ1n) is 12.9. The maximum Gasteiger partial charge on any atom is 0.303 e. The van der Waals surface area contributed by atoms with Gasteiger partial charge in [0, 0.05) is 51.5 Å². The van der Waals surface area contributed by atoms with Crippen LogP contribution >= 0.6 is 0 Å². The van der Waals surface area contributed by atoms with E-state index in [0.717, 1.165) is 24.9 Å². The van der Waals surface area contributed by atoms with Gasteiger partial charge in [0.15, 0.2) is 23.9 Å². The number of aldehydes is 1. The maximum atomic E-state index is 13.9. The van der Waals surface area contributed by atoms with E-state index in [-0.39, 0.29) is 23.8 Å². The summed E-state index contributed by atoms with van der Waals surface area (Å²) in [5.41, 5.74) is 1.79. The number of esters is 1. The van der Waals surface area contributed by atoms with Gasteiger partial charge in [0.1, 0.15) is 5.82 Å². The summed E-state index contributed by atoms with van der Waals surface area (Å²) < 4.78 is 20.6. The molecule has 2 aromatic heterocycles. The van der Waals surface area contributed by atoms with Crippen LogP contribution in [0.3, 0.4) is 0 Å². The van der Waals surface area contributed by atoms with Crippen LogP contribution in [0.1, 0.15) is 54.6 Å². The highest BCUT2D eigenvalue weighted by atomic mass is 19.1. The quantitative estimate of drug-likeness (QED) is 0.355. The van der Waals surface area contributed by atoms with Gasteiger partial charge in [0.2, 0.25) is 0 Å². The Labute approximate surface area is 219 Å². The zero-order chi connectivity index (χ0) is 26.6. The van der Waals surface area contributed by atoms with Crippen molar-refractivity contribution in [3.63, 3.8) is 0 Å². The van der Waals surface area contributed by atoms with Gasteiger partial charge in [-0.25, -0.2) is 13.9 Å². The van der Waals surface area contributed by atoms with Crippen LogP contribution in [0.4, 0.5) is 10.2 Å². The summed E-state index contributed by atoms with van der Waals surface area (Å²) in [7, 11) is 0. The molecule has 0 bridgehead atoms. The number of rotatable bonds is 8. The molecule has 200 valence electrons. The van der Waals surface area contributed by atoms with Crippen molar-refractivity contribution in [2.24, 2.45) is 0 Å². The fourth-order valence-corrected chi connectivity index (χ4v) is 5.41. The molecular formula is C27H31FN6O4. The summed E-state index contributed by atoms with van der Waals surface area (Å²) in [5, 5.41) is 7.84. The first kappa shape index (κ1) is 25.8. The van der Waals surface area contributed by atoms with Crippen molar-refractivity contribution in [3.8, 4) is 0 Å². The second-order valence-corrected chi connectivity index (χ2v) is 9.85. The summed E-state index contributed by atoms with van der Waals surface area (Å²) >= 11 is 0. The third kappa shape index (κ3) is 5.67. The molecule has 0 aliphatic carbocycles. The molecule has 38 heavy (non-hydrogen) atoms. The van der Waals surface area contributed by atoms with Gasteiger partial charge in [-0.3, -0.25) is 19.3 Å². The van der Waals surface area contributed by atoms with Crippen molar-refractivity contribution >= 4 is 29.6 Å². The van der Waals surface area contributed by atoms with E-state index in [0.29, 0.717) is 55.8 Å². The van der Waals surface area contributed by atoms with Crippen molar-refractivity contribution in [3.05, 3.63) is 59.7 Å². The molecule has 10 nitrogen and oxygen atoms in total. The Kier molecular flexibility index (Phi) is 7.64. The van der Waals surface area contributed by atoms with Crippen LogP contribution in [0, 0.1) is 5.82 Å². The Hall–Kier alpha value is -3.86. The predicted molar refractivity (Wildman–Crippen MR) is 137 cm³/mol. The average molecular weight is 523 g/mol. The molecular weight excluding hydrogens is 491 g/mol. The third-order valence-electron chi connectivity index (χ3n) is 7.20. The number of carbonyl (C=O) groups is 3. The fourth-order valence-electron chi connectivity index (χ4n) is 5.41. The van der Waals surface area contributed by atoms with E-state index in [1.807, 2.05) is 6.07 Å². The lowest BCUT2D eigenvalue weighted by Gasteiger charge is -2.33. The summed E-state index contributed by atoms with van der Waals surface area (Å²) in [4.78, 5) is 44.4. The van der Waals surface area contributed by atoms with Gasteiger partial charge < -0.3 is 15.0 Å². The van der Waals surface area contributed by atoms with Crippen LogP contribution in [0.15, 0.2) is 42.7 Å². The highest BCUT2D eigenvalue weighted by Gasteiger charge is 2.30. The smallest absolute Gasteiger partial charge is 0.303 e. The molecule has 4 heterocycles. The fraction of sp³-hybridized carbons (Fsp3) is 0.444. The van der Waals surface area contributed by atoms with E-state index in [2.05, 4.69) is 20.1 Å². The standard InChI is InChI=1S/C27H31FN6O4/c1-18(36)38-22(17-35)16-32-11-7-21(8-12-32)30-27(37)23-15-25(31-34-13-9-29-26(23)34)33-10-3-6-24(33)19-4-2-5-20(28)14-19/h2,4-5,9,13-15,17,21-22,24H,3,6-8,10-12,16H2,1H3,(H,30,37)/t22-,24+/m0/s1. The molecule has 0 unspecified atom stereocenters. The van der Waals surface area contributed by atoms with E-state index in [4.69, 9.17) is 9.84 Å². The molecule has 11 heteroatoms. The number of anilines is 1. The van der Waals surface area contributed by atoms with Gasteiger partial charge in [-0.2, -0.15) is 0 Å². The van der Waals surface area contributed by atoms with Gasteiger partial charge in [0.05, 0.1) is 11.6 Å². The highest BCUT2D eigenvalue weighted by molar-refractivity contribution is 6.00. The van der Waals surface area contributed by atoms with Gasteiger partial charge in [-0.15, -0.1) is 5.10 Å². The Bertz CT molecular complexity index is 1320. The predicted octanol–water partition coefficient (Wildman–Crippen LogP) is 2.53. The van der Waals surface area contributed by atoms with Crippen molar-refractivity contribution in [2.45, 2.75) is 50.8 Å². The average Bonchev–Trinajstić information content (AvgIpc) is 3.58. The normalized spacial score (nSPS) is 19.4. The molecule has 2 aliphatic rings. The summed E-state index contributed by atoms with van der Waals surface area (Å²) in [6, 6.07) is 8.34. The molecule has 0 saturated carbocycles. The molecule has 2 fully saturated rings. The lowest BCUT2D eigenvalue weighted by atomic mass is 10.0. The van der Waals surface area contributed by atoms with Crippen LogP contribution in [0.2, 0.25) is 0 Å². The van der Waals surface area contributed by atoms with E-state index in [9.17, 15) is 18.8 Å². The number of likely N-dealkylation sites (tertiary alicyclic amines) is 1. The number of amides is 1. The summed E-state index contributed by atoms with van der Waals surface area (Å²) in [6.45, 7) is 3.71. The van der Waals surface area contributed by atoms with E-state index < -0.39 is 12.1 Å². The number of nitrogens with one attached hydrogen (secondary N) is 1. The molecule has 2 saturated heterocycles. The molecule has 2 aliphatic heterocycles. The Morgan fingerprint density at radius 3 is 2.76 bits per heavy atom. The molecule has 0 radical (unpaired) electrons. The van der Waals surface area contributed by atoms with Crippen LogP contribution in [-0.4, -0.2) is 76.0 Å². The van der Waals surface area contributed by atoms with E-state index in [1.54, 1.807) is 35.1 Å². The minimum atomic E-state index is -0.788. The molecule has 2 atom stereocenters. The van der Waals surface area contributed by atoms with Gasteiger partial charge in [-0.05, 0) is 49.4 Å². The number of fused-ring (bicyclic) bond motifs is 1. The number of hydrogen-bond acceptors (Lipinski definition) is 8.